The summed E-state index contributed by atoms with van der Waals surface area (Å²) in [5, 5.41) is 12.8. The van der Waals surface area contributed by atoms with Crippen LogP contribution in [-0.2, 0) is 21.4 Å². The van der Waals surface area contributed by atoms with Gasteiger partial charge in [-0.05, 0) is 52.7 Å². The summed E-state index contributed by atoms with van der Waals surface area (Å²) in [6, 6.07) is 7.65. The number of benzene rings is 1. The molecule has 8 nitrogen and oxygen atoms in total. The van der Waals surface area contributed by atoms with Gasteiger partial charge in [0.1, 0.15) is 0 Å². The summed E-state index contributed by atoms with van der Waals surface area (Å²) < 4.78 is 34.4. The number of aromatic nitrogens is 2. The first-order chi connectivity index (χ1) is 12.2. The van der Waals surface area contributed by atoms with Crippen molar-refractivity contribution < 1.29 is 22.4 Å². The Morgan fingerprint density at radius 3 is 2.73 bits per heavy atom. The van der Waals surface area contributed by atoms with E-state index in [1.165, 1.54) is 29.5 Å². The van der Waals surface area contributed by atoms with Crippen LogP contribution in [0.15, 0.2) is 43.4 Å². The van der Waals surface area contributed by atoms with Crippen LogP contribution in [0.1, 0.15) is 21.8 Å². The van der Waals surface area contributed by atoms with E-state index in [0.29, 0.717) is 11.5 Å². The fourth-order valence-electron chi connectivity index (χ4n) is 2.04. The summed E-state index contributed by atoms with van der Waals surface area (Å²) in [7, 11) is -3.92. The van der Waals surface area contributed by atoms with Gasteiger partial charge < -0.3 is 9.15 Å². The number of carbonyl (C=O) groups excluding carboxylic acids is 1. The molecule has 2 aromatic heterocycles. The topological polar surface area (TPSA) is 125 Å². The average Bonchev–Trinajstić information content (AvgIpc) is 3.20. The van der Waals surface area contributed by atoms with Gasteiger partial charge in [0.05, 0.1) is 19.1 Å². The Morgan fingerprint density at radius 2 is 2.08 bits per heavy atom. The van der Waals surface area contributed by atoms with Crippen molar-refractivity contribution in [2.75, 3.05) is 0 Å². The summed E-state index contributed by atoms with van der Waals surface area (Å²) in [6.45, 7) is 1.42. The van der Waals surface area contributed by atoms with Gasteiger partial charge in [-0.15, -0.1) is 21.5 Å². The average molecular weight is 458 g/mol. The maximum Gasteiger partial charge on any atom is 0.338 e. The number of hydrogen-bond donors (Lipinski definition) is 1. The lowest BCUT2D eigenvalue weighted by atomic mass is 10.1. The normalized spacial score (nSPS) is 11.5. The quantitative estimate of drug-likeness (QED) is 0.583. The van der Waals surface area contributed by atoms with Gasteiger partial charge in [0.25, 0.3) is 11.8 Å². The van der Waals surface area contributed by atoms with Crippen molar-refractivity contribution >= 4 is 43.3 Å². The first-order valence-electron chi connectivity index (χ1n) is 7.13. The number of rotatable bonds is 5. The van der Waals surface area contributed by atoms with Gasteiger partial charge in [-0.3, -0.25) is 0 Å². The van der Waals surface area contributed by atoms with Crippen LogP contribution in [0.4, 0.5) is 0 Å². The summed E-state index contributed by atoms with van der Waals surface area (Å²) in [6.07, 6.45) is 0. The van der Waals surface area contributed by atoms with Crippen LogP contribution in [0.25, 0.3) is 10.8 Å². The highest BCUT2D eigenvalue weighted by Crippen LogP contribution is 2.30. The summed E-state index contributed by atoms with van der Waals surface area (Å²) >= 11 is 4.77. The van der Waals surface area contributed by atoms with Crippen LogP contribution in [0.5, 0.6) is 0 Å². The van der Waals surface area contributed by atoms with Crippen molar-refractivity contribution in [3.63, 3.8) is 0 Å². The summed E-state index contributed by atoms with van der Waals surface area (Å²) in [5.74, 6) is -0.274. The van der Waals surface area contributed by atoms with Crippen LogP contribution < -0.4 is 5.14 Å². The molecule has 0 radical (unpaired) electrons. The smallest absolute Gasteiger partial charge is 0.338 e. The van der Waals surface area contributed by atoms with Crippen molar-refractivity contribution in [3.8, 4) is 10.8 Å². The third-order valence-electron chi connectivity index (χ3n) is 3.34. The molecule has 0 atom stereocenters. The number of sulfonamides is 1. The van der Waals surface area contributed by atoms with Gasteiger partial charge in [-0.25, -0.2) is 18.4 Å². The zero-order chi connectivity index (χ0) is 18.9. The minimum Gasteiger partial charge on any atom is -0.452 e. The fourth-order valence-corrected chi connectivity index (χ4v) is 3.89. The third-order valence-corrected chi connectivity index (χ3v) is 5.86. The van der Waals surface area contributed by atoms with Crippen LogP contribution in [0, 0.1) is 6.92 Å². The fraction of sp³-hybridized carbons (Fsp3) is 0.133. The lowest BCUT2D eigenvalue weighted by molar-refractivity contribution is 0.0437. The number of thiophene rings is 1. The Balaban J connectivity index is 1.73. The van der Waals surface area contributed by atoms with E-state index < -0.39 is 16.0 Å². The standard InChI is InChI=1S/C15H12BrN3O5S2/c1-8-2-3-9(26(17,21)22)6-10(8)15(20)23-7-13-18-19-14(24-13)11-4-5-12(16)25-11/h2-6H,7H2,1H3,(H2,17,21,22). The first kappa shape index (κ1) is 18.7. The number of esters is 1. The molecule has 0 saturated heterocycles. The largest absolute Gasteiger partial charge is 0.452 e. The molecule has 11 heteroatoms. The highest BCUT2D eigenvalue weighted by molar-refractivity contribution is 9.11. The molecular weight excluding hydrogens is 446 g/mol. The zero-order valence-electron chi connectivity index (χ0n) is 13.3. The minimum absolute atomic E-state index is 0.0958. The first-order valence-corrected chi connectivity index (χ1v) is 10.3. The van der Waals surface area contributed by atoms with E-state index in [2.05, 4.69) is 26.1 Å². The molecule has 2 N–H and O–H groups in total. The summed E-state index contributed by atoms with van der Waals surface area (Å²) in [4.78, 5) is 12.9. The van der Waals surface area contributed by atoms with E-state index in [4.69, 9.17) is 14.3 Å². The maximum atomic E-state index is 12.2. The number of hydrogen-bond acceptors (Lipinski definition) is 8. The lowest BCUT2D eigenvalue weighted by Gasteiger charge is -2.07. The molecule has 3 rings (SSSR count). The molecule has 1 aromatic carbocycles. The van der Waals surface area contributed by atoms with E-state index in [1.54, 1.807) is 6.92 Å². The van der Waals surface area contributed by atoms with Crippen molar-refractivity contribution in [1.82, 2.24) is 10.2 Å². The Hall–Kier alpha value is -2.08. The van der Waals surface area contributed by atoms with Gasteiger partial charge in [0.2, 0.25) is 10.0 Å². The number of halogens is 1. The van der Waals surface area contributed by atoms with Gasteiger partial charge in [0, 0.05) is 0 Å². The molecule has 0 bridgehead atoms. The predicted molar refractivity (Wildman–Crippen MR) is 97.0 cm³/mol. The minimum atomic E-state index is -3.92. The number of ether oxygens (including phenoxy) is 1. The maximum absolute atomic E-state index is 12.2. The highest BCUT2D eigenvalue weighted by Gasteiger charge is 2.17. The van der Waals surface area contributed by atoms with Crippen LogP contribution >= 0.6 is 27.3 Å². The summed E-state index contributed by atoms with van der Waals surface area (Å²) in [5.41, 5.74) is 0.649. The van der Waals surface area contributed by atoms with Crippen molar-refractivity contribution in [2.24, 2.45) is 5.14 Å². The molecule has 0 aliphatic heterocycles. The van der Waals surface area contributed by atoms with E-state index in [9.17, 15) is 13.2 Å². The molecule has 2 heterocycles. The van der Waals surface area contributed by atoms with Crippen molar-refractivity contribution in [1.29, 1.82) is 0 Å². The number of primary sulfonamides is 1. The Labute approximate surface area is 161 Å². The molecule has 136 valence electrons. The zero-order valence-corrected chi connectivity index (χ0v) is 16.5. The molecular formula is C15H12BrN3O5S2. The highest BCUT2D eigenvalue weighted by atomic mass is 79.9. The Morgan fingerprint density at radius 1 is 1.31 bits per heavy atom. The molecule has 3 aromatic rings. The van der Waals surface area contributed by atoms with Crippen LogP contribution in [0.2, 0.25) is 0 Å². The number of carbonyl (C=O) groups is 1. The SMILES string of the molecule is Cc1ccc(S(N)(=O)=O)cc1C(=O)OCc1nnc(-c2ccc(Br)s2)o1. The van der Waals surface area contributed by atoms with E-state index in [0.717, 1.165) is 8.66 Å². The van der Waals surface area contributed by atoms with E-state index >= 15 is 0 Å². The molecule has 0 fully saturated rings. The monoisotopic (exact) mass is 457 g/mol. The molecule has 0 spiro atoms. The van der Waals surface area contributed by atoms with Gasteiger partial charge in [-0.2, -0.15) is 0 Å². The van der Waals surface area contributed by atoms with Gasteiger partial charge in [-0.1, -0.05) is 6.07 Å². The lowest BCUT2D eigenvalue weighted by Crippen LogP contribution is -2.14. The van der Waals surface area contributed by atoms with E-state index in [1.807, 2.05) is 12.1 Å². The second-order valence-electron chi connectivity index (χ2n) is 5.20. The van der Waals surface area contributed by atoms with Crippen LogP contribution in [0.3, 0.4) is 0 Å². The van der Waals surface area contributed by atoms with Crippen LogP contribution in [-0.4, -0.2) is 24.6 Å². The predicted octanol–water partition coefficient (Wildman–Crippen LogP) is 2.87. The Bertz CT molecular complexity index is 1070. The third kappa shape index (κ3) is 4.18. The second kappa shape index (κ2) is 7.27. The van der Waals surface area contributed by atoms with E-state index in [-0.39, 0.29) is 23.0 Å². The second-order valence-corrected chi connectivity index (χ2v) is 9.23. The van der Waals surface area contributed by atoms with Crippen molar-refractivity contribution in [2.45, 2.75) is 18.4 Å². The molecule has 0 saturated carbocycles. The van der Waals surface area contributed by atoms with Crippen molar-refractivity contribution in [3.05, 3.63) is 51.1 Å². The van der Waals surface area contributed by atoms with Gasteiger partial charge in [0.15, 0.2) is 6.61 Å². The van der Waals surface area contributed by atoms with Gasteiger partial charge >= 0.3 is 5.97 Å². The molecule has 0 aliphatic carbocycles. The number of nitrogens with zero attached hydrogens (tertiary/aromatic N) is 2. The molecule has 0 unspecified atom stereocenters. The molecule has 0 aliphatic rings. The number of nitrogens with two attached hydrogens (primary N) is 1. The number of aryl methyl sites for hydroxylation is 1. The molecule has 0 amide bonds. The molecule has 26 heavy (non-hydrogen) atoms. The Kier molecular flexibility index (Phi) is 5.23.